The molecule has 25 heavy (non-hydrogen) atoms. The molecular formula is C17H22FN5OS. The standard InChI is InChI=1S/C17H22FN5OS/c1-9-6-16(25-23-9)22-14-8-15(11(18)7-10(14)17(20)24)21-13-5-3-2-4-12(13)19/h6-8,12-13,21-22H,2-5,19H2,1H3,(H2,20,24)/t12-,13+/m0/s1. The van der Waals surface area contributed by atoms with Crippen LogP contribution in [0.1, 0.15) is 41.7 Å². The first-order valence-electron chi connectivity index (χ1n) is 8.30. The highest BCUT2D eigenvalue weighted by molar-refractivity contribution is 7.10. The number of carbonyl (C=O) groups is 1. The first kappa shape index (κ1) is 17.6. The topological polar surface area (TPSA) is 106 Å². The van der Waals surface area contributed by atoms with Crippen LogP contribution in [0, 0.1) is 12.7 Å². The van der Waals surface area contributed by atoms with E-state index in [0.29, 0.717) is 11.4 Å². The van der Waals surface area contributed by atoms with Gasteiger partial charge in [0.15, 0.2) is 0 Å². The SMILES string of the molecule is Cc1cc(Nc2cc(N[C@@H]3CCCC[C@@H]3N)c(F)cc2C(N)=O)sn1. The third-order valence-electron chi connectivity index (χ3n) is 4.42. The summed E-state index contributed by atoms with van der Waals surface area (Å²) >= 11 is 1.26. The van der Waals surface area contributed by atoms with Crippen LogP contribution in [0.3, 0.4) is 0 Å². The van der Waals surface area contributed by atoms with E-state index in [1.54, 1.807) is 6.07 Å². The van der Waals surface area contributed by atoms with E-state index in [2.05, 4.69) is 15.0 Å². The zero-order chi connectivity index (χ0) is 18.0. The Hall–Kier alpha value is -2.19. The maximum Gasteiger partial charge on any atom is 0.250 e. The van der Waals surface area contributed by atoms with Gasteiger partial charge in [-0.15, -0.1) is 0 Å². The number of amides is 1. The van der Waals surface area contributed by atoms with Gasteiger partial charge >= 0.3 is 0 Å². The number of carbonyl (C=O) groups excluding carboxylic acids is 1. The Labute approximate surface area is 150 Å². The number of benzene rings is 1. The van der Waals surface area contributed by atoms with Crippen molar-refractivity contribution in [3.63, 3.8) is 0 Å². The fraction of sp³-hybridized carbons (Fsp3) is 0.412. The van der Waals surface area contributed by atoms with E-state index in [4.69, 9.17) is 11.5 Å². The number of halogens is 1. The van der Waals surface area contributed by atoms with Crippen LogP contribution in [-0.2, 0) is 0 Å². The molecule has 3 rings (SSSR count). The Morgan fingerprint density at radius 2 is 2.04 bits per heavy atom. The van der Waals surface area contributed by atoms with Crippen LogP contribution in [0.5, 0.6) is 0 Å². The molecule has 0 bridgehead atoms. The molecule has 0 saturated heterocycles. The van der Waals surface area contributed by atoms with E-state index < -0.39 is 11.7 Å². The monoisotopic (exact) mass is 363 g/mol. The average Bonchev–Trinajstić information content (AvgIpc) is 2.97. The summed E-state index contributed by atoms with van der Waals surface area (Å²) in [5.74, 6) is -1.21. The number of aromatic nitrogens is 1. The fourth-order valence-electron chi connectivity index (χ4n) is 3.08. The van der Waals surface area contributed by atoms with Crippen LogP contribution < -0.4 is 22.1 Å². The number of hydrogen-bond acceptors (Lipinski definition) is 6. The lowest BCUT2D eigenvalue weighted by Crippen LogP contribution is -2.42. The molecule has 1 aromatic carbocycles. The molecular weight excluding hydrogens is 341 g/mol. The van der Waals surface area contributed by atoms with Crippen molar-refractivity contribution in [3.05, 3.63) is 35.3 Å². The number of nitrogens with zero attached hydrogens (tertiary/aromatic N) is 1. The second-order valence-electron chi connectivity index (χ2n) is 6.40. The maximum absolute atomic E-state index is 14.5. The van der Waals surface area contributed by atoms with Gasteiger partial charge in [0, 0.05) is 12.1 Å². The summed E-state index contributed by atoms with van der Waals surface area (Å²) in [5, 5.41) is 7.06. The molecule has 6 nitrogen and oxygen atoms in total. The number of hydrogen-bond donors (Lipinski definition) is 4. The van der Waals surface area contributed by atoms with E-state index in [1.165, 1.54) is 11.5 Å². The van der Waals surface area contributed by atoms with Crippen molar-refractivity contribution in [1.29, 1.82) is 0 Å². The molecule has 1 amide bonds. The Balaban J connectivity index is 1.90. The lowest BCUT2D eigenvalue weighted by molar-refractivity contribution is 0.100. The van der Waals surface area contributed by atoms with Crippen LogP contribution in [0.25, 0.3) is 0 Å². The van der Waals surface area contributed by atoms with Crippen molar-refractivity contribution in [2.24, 2.45) is 11.5 Å². The molecule has 1 aliphatic carbocycles. The van der Waals surface area contributed by atoms with Crippen molar-refractivity contribution in [3.8, 4) is 0 Å². The minimum absolute atomic E-state index is 0.00970. The van der Waals surface area contributed by atoms with E-state index in [1.807, 2.05) is 13.0 Å². The lowest BCUT2D eigenvalue weighted by atomic mass is 9.91. The highest BCUT2D eigenvalue weighted by Gasteiger charge is 2.23. The molecule has 1 heterocycles. The van der Waals surface area contributed by atoms with E-state index in [-0.39, 0.29) is 17.6 Å². The zero-order valence-electron chi connectivity index (χ0n) is 14.0. The first-order chi connectivity index (χ1) is 11.9. The summed E-state index contributed by atoms with van der Waals surface area (Å²) in [4.78, 5) is 11.7. The Morgan fingerprint density at radius 3 is 2.68 bits per heavy atom. The van der Waals surface area contributed by atoms with Crippen molar-refractivity contribution in [2.45, 2.75) is 44.7 Å². The molecule has 0 spiro atoms. The number of aryl methyl sites for hydroxylation is 1. The predicted octanol–water partition coefficient (Wildman–Crippen LogP) is 3.11. The van der Waals surface area contributed by atoms with Crippen molar-refractivity contribution in [2.75, 3.05) is 10.6 Å². The Morgan fingerprint density at radius 1 is 1.28 bits per heavy atom. The van der Waals surface area contributed by atoms with E-state index in [0.717, 1.165) is 42.4 Å². The summed E-state index contributed by atoms with van der Waals surface area (Å²) in [5.41, 5.74) is 13.3. The molecule has 0 radical (unpaired) electrons. The zero-order valence-corrected chi connectivity index (χ0v) is 14.8. The largest absolute Gasteiger partial charge is 0.378 e. The van der Waals surface area contributed by atoms with Gasteiger partial charge in [0.05, 0.1) is 22.6 Å². The summed E-state index contributed by atoms with van der Waals surface area (Å²) < 4.78 is 18.7. The molecule has 6 N–H and O–H groups in total. The van der Waals surface area contributed by atoms with Gasteiger partial charge in [-0.1, -0.05) is 12.8 Å². The van der Waals surface area contributed by atoms with Gasteiger partial charge in [0.1, 0.15) is 10.8 Å². The molecule has 2 atom stereocenters. The van der Waals surface area contributed by atoms with Crippen LogP contribution in [0.15, 0.2) is 18.2 Å². The third-order valence-corrected chi connectivity index (χ3v) is 5.21. The molecule has 8 heteroatoms. The number of nitrogens with one attached hydrogen (secondary N) is 2. The smallest absolute Gasteiger partial charge is 0.250 e. The fourth-order valence-corrected chi connectivity index (χ4v) is 3.76. The van der Waals surface area contributed by atoms with E-state index in [9.17, 15) is 9.18 Å². The second kappa shape index (κ2) is 7.37. The minimum Gasteiger partial charge on any atom is -0.378 e. The van der Waals surface area contributed by atoms with Gasteiger partial charge in [0.25, 0.3) is 5.91 Å². The molecule has 0 unspecified atom stereocenters. The van der Waals surface area contributed by atoms with Crippen molar-refractivity contribution < 1.29 is 9.18 Å². The molecule has 1 aromatic heterocycles. The summed E-state index contributed by atoms with van der Waals surface area (Å²) in [7, 11) is 0. The van der Waals surface area contributed by atoms with Crippen LogP contribution in [0.4, 0.5) is 20.8 Å². The van der Waals surface area contributed by atoms with Gasteiger partial charge < -0.3 is 22.1 Å². The molecule has 0 aliphatic heterocycles. The highest BCUT2D eigenvalue weighted by Crippen LogP contribution is 2.31. The number of anilines is 3. The molecule has 2 aromatic rings. The van der Waals surface area contributed by atoms with Gasteiger partial charge in [-0.05, 0) is 49.5 Å². The lowest BCUT2D eigenvalue weighted by Gasteiger charge is -2.30. The van der Waals surface area contributed by atoms with Crippen LogP contribution in [0.2, 0.25) is 0 Å². The number of rotatable bonds is 5. The van der Waals surface area contributed by atoms with Crippen LogP contribution in [-0.4, -0.2) is 22.4 Å². The molecule has 134 valence electrons. The Bertz CT molecular complexity index is 778. The first-order valence-corrected chi connectivity index (χ1v) is 9.07. The second-order valence-corrected chi connectivity index (χ2v) is 7.20. The Kier molecular flexibility index (Phi) is 5.19. The van der Waals surface area contributed by atoms with Gasteiger partial charge in [0.2, 0.25) is 0 Å². The third kappa shape index (κ3) is 4.08. The number of nitrogens with two attached hydrogens (primary N) is 2. The predicted molar refractivity (Wildman–Crippen MR) is 98.9 cm³/mol. The molecule has 1 aliphatic rings. The van der Waals surface area contributed by atoms with Gasteiger partial charge in [-0.2, -0.15) is 4.37 Å². The van der Waals surface area contributed by atoms with Gasteiger partial charge in [-0.3, -0.25) is 4.79 Å². The highest BCUT2D eigenvalue weighted by atomic mass is 32.1. The molecule has 1 fully saturated rings. The van der Waals surface area contributed by atoms with Crippen molar-refractivity contribution >= 4 is 33.8 Å². The van der Waals surface area contributed by atoms with Crippen LogP contribution >= 0.6 is 11.5 Å². The summed E-state index contributed by atoms with van der Waals surface area (Å²) in [6.45, 7) is 1.87. The van der Waals surface area contributed by atoms with E-state index >= 15 is 0 Å². The quantitative estimate of drug-likeness (QED) is 0.653. The maximum atomic E-state index is 14.5. The normalized spacial score (nSPS) is 20.3. The van der Waals surface area contributed by atoms with Crippen molar-refractivity contribution in [1.82, 2.24) is 4.37 Å². The number of primary amides is 1. The van der Waals surface area contributed by atoms with Gasteiger partial charge in [-0.25, -0.2) is 4.39 Å². The average molecular weight is 363 g/mol. The molecule has 1 saturated carbocycles. The summed E-state index contributed by atoms with van der Waals surface area (Å²) in [6.07, 6.45) is 3.98. The summed E-state index contributed by atoms with van der Waals surface area (Å²) in [6, 6.07) is 4.59. The minimum atomic E-state index is -0.691.